The van der Waals surface area contributed by atoms with E-state index in [-0.39, 0.29) is 0 Å². The van der Waals surface area contributed by atoms with Crippen LogP contribution in [0.25, 0.3) is 10.2 Å². The van der Waals surface area contributed by atoms with Crippen LogP contribution in [0.5, 0.6) is 0 Å². The minimum Gasteiger partial charge on any atom is -0.365 e. The minimum absolute atomic E-state index is 0.480. The Bertz CT molecular complexity index is 529. The van der Waals surface area contributed by atoms with Gasteiger partial charge in [0, 0.05) is 12.6 Å². The van der Waals surface area contributed by atoms with Crippen molar-refractivity contribution in [3.8, 4) is 0 Å². The number of nitrogens with zero attached hydrogens (tertiary/aromatic N) is 2. The highest BCUT2D eigenvalue weighted by Crippen LogP contribution is 2.29. The van der Waals surface area contributed by atoms with E-state index in [2.05, 4.69) is 32.9 Å². The zero-order valence-electron chi connectivity index (χ0n) is 10.6. The van der Waals surface area contributed by atoms with E-state index in [1.165, 1.54) is 29.5 Å². The Hall–Kier alpha value is -1.20. The Labute approximate surface area is 111 Å². The van der Waals surface area contributed by atoms with Crippen LogP contribution in [0.2, 0.25) is 0 Å². The van der Waals surface area contributed by atoms with Crippen molar-refractivity contribution in [2.45, 2.75) is 32.2 Å². The zero-order chi connectivity index (χ0) is 12.4. The molecule has 0 saturated carbocycles. The SMILES string of the molecule is Cc1csc2c(NC3CCCCNC3)ncnc12. The molecule has 18 heavy (non-hydrogen) atoms. The number of hydrogen-bond donors (Lipinski definition) is 2. The van der Waals surface area contributed by atoms with E-state index >= 15 is 0 Å². The van der Waals surface area contributed by atoms with Crippen LogP contribution >= 0.6 is 11.3 Å². The molecule has 1 aliphatic heterocycles. The van der Waals surface area contributed by atoms with Gasteiger partial charge in [-0.1, -0.05) is 6.42 Å². The van der Waals surface area contributed by atoms with E-state index in [0.717, 1.165) is 24.4 Å². The number of aryl methyl sites for hydroxylation is 1. The lowest BCUT2D eigenvalue weighted by Crippen LogP contribution is -2.31. The third-order valence-electron chi connectivity index (χ3n) is 3.42. The lowest BCUT2D eigenvalue weighted by atomic mass is 10.1. The molecule has 1 atom stereocenters. The van der Waals surface area contributed by atoms with Crippen LogP contribution in [0.4, 0.5) is 5.82 Å². The topological polar surface area (TPSA) is 49.8 Å². The summed E-state index contributed by atoms with van der Waals surface area (Å²) in [6.07, 6.45) is 5.43. The summed E-state index contributed by atoms with van der Waals surface area (Å²) < 4.78 is 1.18. The summed E-state index contributed by atoms with van der Waals surface area (Å²) >= 11 is 1.73. The van der Waals surface area contributed by atoms with Gasteiger partial charge < -0.3 is 10.6 Å². The highest BCUT2D eigenvalue weighted by molar-refractivity contribution is 7.18. The predicted octanol–water partition coefficient (Wildman–Crippen LogP) is 2.55. The van der Waals surface area contributed by atoms with Gasteiger partial charge in [-0.05, 0) is 37.3 Å². The van der Waals surface area contributed by atoms with E-state index in [1.54, 1.807) is 17.7 Å². The molecule has 1 fully saturated rings. The number of thiophene rings is 1. The average Bonchev–Trinajstić information content (AvgIpc) is 2.62. The first-order chi connectivity index (χ1) is 8.84. The monoisotopic (exact) mass is 262 g/mol. The molecule has 0 bridgehead atoms. The van der Waals surface area contributed by atoms with Crippen molar-refractivity contribution in [3.05, 3.63) is 17.3 Å². The van der Waals surface area contributed by atoms with Gasteiger partial charge in [-0.2, -0.15) is 0 Å². The molecule has 4 nitrogen and oxygen atoms in total. The van der Waals surface area contributed by atoms with Crippen molar-refractivity contribution in [2.24, 2.45) is 0 Å². The zero-order valence-corrected chi connectivity index (χ0v) is 11.4. The Morgan fingerprint density at radius 1 is 1.39 bits per heavy atom. The highest BCUT2D eigenvalue weighted by Gasteiger charge is 2.14. The fraction of sp³-hybridized carbons (Fsp3) is 0.538. The van der Waals surface area contributed by atoms with Crippen molar-refractivity contribution in [1.82, 2.24) is 15.3 Å². The molecule has 0 radical (unpaired) electrons. The summed E-state index contributed by atoms with van der Waals surface area (Å²) in [5, 5.41) is 9.19. The van der Waals surface area contributed by atoms with Crippen molar-refractivity contribution >= 4 is 27.4 Å². The van der Waals surface area contributed by atoms with E-state index in [9.17, 15) is 0 Å². The van der Waals surface area contributed by atoms with Gasteiger partial charge in [0.1, 0.15) is 12.1 Å². The van der Waals surface area contributed by atoms with Gasteiger partial charge in [-0.15, -0.1) is 11.3 Å². The highest BCUT2D eigenvalue weighted by atomic mass is 32.1. The Morgan fingerprint density at radius 2 is 2.33 bits per heavy atom. The largest absolute Gasteiger partial charge is 0.365 e. The molecule has 2 aromatic heterocycles. The molecule has 0 aliphatic carbocycles. The first kappa shape index (κ1) is 11.9. The average molecular weight is 262 g/mol. The summed E-state index contributed by atoms with van der Waals surface area (Å²) in [6.45, 7) is 4.26. The molecular weight excluding hydrogens is 244 g/mol. The summed E-state index contributed by atoms with van der Waals surface area (Å²) in [5.74, 6) is 0.992. The van der Waals surface area contributed by atoms with Crippen LogP contribution in [0, 0.1) is 6.92 Å². The van der Waals surface area contributed by atoms with Gasteiger partial charge in [0.15, 0.2) is 0 Å². The van der Waals surface area contributed by atoms with Crippen LogP contribution < -0.4 is 10.6 Å². The third kappa shape index (κ3) is 2.33. The number of nitrogens with one attached hydrogen (secondary N) is 2. The maximum absolute atomic E-state index is 4.41. The Kier molecular flexibility index (Phi) is 3.43. The molecule has 5 heteroatoms. The first-order valence-corrected chi connectivity index (χ1v) is 7.38. The van der Waals surface area contributed by atoms with Crippen molar-refractivity contribution in [1.29, 1.82) is 0 Å². The van der Waals surface area contributed by atoms with Gasteiger partial charge in [0.05, 0.1) is 10.2 Å². The minimum atomic E-state index is 0.480. The van der Waals surface area contributed by atoms with Crippen LogP contribution in [0.15, 0.2) is 11.7 Å². The van der Waals surface area contributed by atoms with Gasteiger partial charge >= 0.3 is 0 Å². The van der Waals surface area contributed by atoms with E-state index < -0.39 is 0 Å². The van der Waals surface area contributed by atoms with Crippen molar-refractivity contribution in [3.63, 3.8) is 0 Å². The van der Waals surface area contributed by atoms with Gasteiger partial charge in [0.2, 0.25) is 0 Å². The molecule has 2 N–H and O–H groups in total. The van der Waals surface area contributed by atoms with Crippen LogP contribution in [0.3, 0.4) is 0 Å². The maximum Gasteiger partial charge on any atom is 0.147 e. The molecule has 1 unspecified atom stereocenters. The standard InChI is InChI=1S/C13H18N4S/c1-9-7-18-12-11(9)15-8-16-13(12)17-10-4-2-3-5-14-6-10/h7-8,10,14H,2-6H2,1H3,(H,15,16,17). The smallest absolute Gasteiger partial charge is 0.147 e. The normalized spacial score (nSPS) is 20.8. The summed E-state index contributed by atoms with van der Waals surface area (Å²) in [6, 6.07) is 0.480. The third-order valence-corrected chi connectivity index (χ3v) is 4.51. The number of aromatic nitrogens is 2. The predicted molar refractivity (Wildman–Crippen MR) is 76.3 cm³/mol. The van der Waals surface area contributed by atoms with Gasteiger partial charge in [0.25, 0.3) is 0 Å². The molecule has 2 aromatic rings. The fourth-order valence-electron chi connectivity index (χ4n) is 2.41. The number of anilines is 1. The number of hydrogen-bond acceptors (Lipinski definition) is 5. The molecule has 1 aliphatic rings. The second kappa shape index (κ2) is 5.20. The number of fused-ring (bicyclic) bond motifs is 1. The quantitative estimate of drug-likeness (QED) is 0.873. The molecule has 0 amide bonds. The van der Waals surface area contributed by atoms with Crippen molar-refractivity contribution in [2.75, 3.05) is 18.4 Å². The molecule has 3 heterocycles. The van der Waals surface area contributed by atoms with Crippen LogP contribution in [-0.2, 0) is 0 Å². The Balaban J connectivity index is 1.85. The Morgan fingerprint density at radius 3 is 3.28 bits per heavy atom. The van der Waals surface area contributed by atoms with E-state index in [0.29, 0.717) is 6.04 Å². The van der Waals surface area contributed by atoms with Crippen LogP contribution in [0.1, 0.15) is 24.8 Å². The molecule has 96 valence electrons. The molecule has 1 saturated heterocycles. The van der Waals surface area contributed by atoms with Crippen LogP contribution in [-0.4, -0.2) is 29.1 Å². The second-order valence-electron chi connectivity index (χ2n) is 4.86. The molecular formula is C13H18N4S. The molecule has 0 aromatic carbocycles. The van der Waals surface area contributed by atoms with Gasteiger partial charge in [-0.3, -0.25) is 0 Å². The molecule has 3 rings (SSSR count). The van der Waals surface area contributed by atoms with Crippen molar-refractivity contribution < 1.29 is 0 Å². The van der Waals surface area contributed by atoms with Gasteiger partial charge in [-0.25, -0.2) is 9.97 Å². The molecule has 0 spiro atoms. The second-order valence-corrected chi connectivity index (χ2v) is 5.74. The maximum atomic E-state index is 4.41. The lowest BCUT2D eigenvalue weighted by Gasteiger charge is -2.17. The summed E-state index contributed by atoms with van der Waals surface area (Å²) in [5.41, 5.74) is 2.32. The summed E-state index contributed by atoms with van der Waals surface area (Å²) in [4.78, 5) is 8.76. The summed E-state index contributed by atoms with van der Waals surface area (Å²) in [7, 11) is 0. The van der Waals surface area contributed by atoms with E-state index in [1.807, 2.05) is 0 Å². The van der Waals surface area contributed by atoms with E-state index in [4.69, 9.17) is 0 Å². The number of rotatable bonds is 2. The fourth-order valence-corrected chi connectivity index (χ4v) is 3.36. The lowest BCUT2D eigenvalue weighted by molar-refractivity contribution is 0.634. The first-order valence-electron chi connectivity index (χ1n) is 6.50.